The largest absolute Gasteiger partial charge is 0.481 e. The first-order valence-corrected chi connectivity index (χ1v) is 12.2. The number of aryl methyl sites for hydroxylation is 2. The van der Waals surface area contributed by atoms with Crippen molar-refractivity contribution in [3.05, 3.63) is 94.8 Å². The Balaban J connectivity index is 1.55. The van der Waals surface area contributed by atoms with E-state index in [1.807, 2.05) is 86.0 Å². The number of amides is 1. The van der Waals surface area contributed by atoms with Gasteiger partial charge in [0, 0.05) is 11.4 Å². The second-order valence-corrected chi connectivity index (χ2v) is 9.27. The van der Waals surface area contributed by atoms with Crippen LogP contribution >= 0.6 is 23.4 Å². The third-order valence-electron chi connectivity index (χ3n) is 5.01. The Morgan fingerprint density at radius 1 is 1.03 bits per heavy atom. The maximum atomic E-state index is 12.6. The molecule has 3 aromatic carbocycles. The molecule has 0 spiro atoms. The summed E-state index contributed by atoms with van der Waals surface area (Å²) in [5.41, 5.74) is 3.87. The van der Waals surface area contributed by atoms with Gasteiger partial charge < -0.3 is 10.1 Å². The zero-order chi connectivity index (χ0) is 24.1. The van der Waals surface area contributed by atoms with Crippen molar-refractivity contribution in [1.82, 2.24) is 14.8 Å². The van der Waals surface area contributed by atoms with Crippen LogP contribution in [0.15, 0.2) is 78.0 Å². The van der Waals surface area contributed by atoms with Gasteiger partial charge in [-0.05, 0) is 68.3 Å². The fourth-order valence-corrected chi connectivity index (χ4v) is 4.55. The van der Waals surface area contributed by atoms with E-state index in [0.29, 0.717) is 21.8 Å². The van der Waals surface area contributed by atoms with Crippen LogP contribution in [0.4, 0.5) is 5.69 Å². The van der Waals surface area contributed by atoms with Crippen LogP contribution in [0.2, 0.25) is 5.02 Å². The number of halogens is 1. The van der Waals surface area contributed by atoms with Crippen molar-refractivity contribution in [2.45, 2.75) is 32.0 Å². The van der Waals surface area contributed by atoms with Crippen LogP contribution in [0.3, 0.4) is 0 Å². The molecule has 0 aliphatic rings. The van der Waals surface area contributed by atoms with Crippen LogP contribution in [-0.2, 0) is 4.79 Å². The lowest BCUT2D eigenvalue weighted by Crippen LogP contribution is -2.15. The van der Waals surface area contributed by atoms with E-state index in [0.717, 1.165) is 22.5 Å². The van der Waals surface area contributed by atoms with E-state index in [-0.39, 0.29) is 11.7 Å². The Hall–Kier alpha value is -3.29. The fraction of sp³-hybridized carbons (Fsp3) is 0.192. The summed E-state index contributed by atoms with van der Waals surface area (Å²) >= 11 is 7.59. The minimum Gasteiger partial charge on any atom is -0.481 e. The third kappa shape index (κ3) is 5.79. The number of benzene rings is 3. The monoisotopic (exact) mass is 492 g/mol. The first-order valence-electron chi connectivity index (χ1n) is 10.8. The van der Waals surface area contributed by atoms with Gasteiger partial charge in [-0.15, -0.1) is 10.2 Å². The van der Waals surface area contributed by atoms with Crippen molar-refractivity contribution < 1.29 is 9.53 Å². The highest BCUT2D eigenvalue weighted by Gasteiger charge is 2.22. The van der Waals surface area contributed by atoms with E-state index < -0.39 is 6.10 Å². The van der Waals surface area contributed by atoms with Crippen molar-refractivity contribution >= 4 is 35.0 Å². The molecule has 0 aliphatic carbocycles. The lowest BCUT2D eigenvalue weighted by molar-refractivity contribution is -0.113. The summed E-state index contributed by atoms with van der Waals surface area (Å²) < 4.78 is 8.00. The molecule has 0 radical (unpaired) electrons. The number of carbonyl (C=O) groups is 1. The number of carbonyl (C=O) groups excluding carboxylic acids is 1. The molecule has 1 heterocycles. The average Bonchev–Trinajstić information content (AvgIpc) is 3.23. The third-order valence-corrected chi connectivity index (χ3v) is 6.26. The Morgan fingerprint density at radius 2 is 1.71 bits per heavy atom. The number of para-hydroxylation sites is 2. The molecule has 1 amide bonds. The van der Waals surface area contributed by atoms with E-state index in [4.69, 9.17) is 16.3 Å². The molecule has 4 rings (SSSR count). The minimum absolute atomic E-state index is 0.112. The summed E-state index contributed by atoms with van der Waals surface area (Å²) in [6.45, 7) is 5.91. The van der Waals surface area contributed by atoms with E-state index >= 15 is 0 Å². The van der Waals surface area contributed by atoms with Gasteiger partial charge in [0.25, 0.3) is 0 Å². The Bertz CT molecular complexity index is 1270. The number of rotatable bonds is 8. The normalized spacial score (nSPS) is 11.8. The predicted molar refractivity (Wildman–Crippen MR) is 137 cm³/mol. The van der Waals surface area contributed by atoms with E-state index in [9.17, 15) is 4.79 Å². The zero-order valence-electron chi connectivity index (χ0n) is 19.2. The average molecular weight is 493 g/mol. The smallest absolute Gasteiger partial charge is 0.234 e. The molecule has 0 saturated heterocycles. The topological polar surface area (TPSA) is 69.0 Å². The van der Waals surface area contributed by atoms with Crippen LogP contribution in [-0.4, -0.2) is 26.4 Å². The van der Waals surface area contributed by atoms with E-state index in [1.165, 1.54) is 11.8 Å². The van der Waals surface area contributed by atoms with Gasteiger partial charge in [0.05, 0.1) is 10.8 Å². The first kappa shape index (κ1) is 23.9. The number of hydrogen-bond acceptors (Lipinski definition) is 5. The molecule has 0 bridgehead atoms. The number of thioether (sulfide) groups is 1. The van der Waals surface area contributed by atoms with Gasteiger partial charge in [-0.2, -0.15) is 0 Å². The van der Waals surface area contributed by atoms with Crippen molar-refractivity contribution in [2.75, 3.05) is 11.1 Å². The molecule has 0 saturated carbocycles. The second-order valence-electron chi connectivity index (χ2n) is 7.92. The molecular weight excluding hydrogens is 468 g/mol. The predicted octanol–water partition coefficient (Wildman–Crippen LogP) is 6.41. The van der Waals surface area contributed by atoms with Crippen molar-refractivity contribution in [2.24, 2.45) is 0 Å². The Labute approximate surface area is 208 Å². The van der Waals surface area contributed by atoms with Crippen LogP contribution in [0.25, 0.3) is 5.69 Å². The van der Waals surface area contributed by atoms with Crippen LogP contribution < -0.4 is 10.1 Å². The Morgan fingerprint density at radius 3 is 2.41 bits per heavy atom. The Kier molecular flexibility index (Phi) is 7.55. The lowest BCUT2D eigenvalue weighted by atomic mass is 10.1. The second kappa shape index (κ2) is 10.8. The van der Waals surface area contributed by atoms with Gasteiger partial charge >= 0.3 is 0 Å². The van der Waals surface area contributed by atoms with Gasteiger partial charge in [0.1, 0.15) is 5.75 Å². The van der Waals surface area contributed by atoms with Crippen molar-refractivity contribution in [3.8, 4) is 11.4 Å². The van der Waals surface area contributed by atoms with Crippen molar-refractivity contribution in [1.29, 1.82) is 0 Å². The molecule has 34 heavy (non-hydrogen) atoms. The fourth-order valence-electron chi connectivity index (χ4n) is 3.62. The van der Waals surface area contributed by atoms with Crippen molar-refractivity contribution in [3.63, 3.8) is 0 Å². The molecule has 1 atom stereocenters. The molecule has 0 aliphatic heterocycles. The van der Waals surface area contributed by atoms with Gasteiger partial charge in [0.2, 0.25) is 5.91 Å². The van der Waals surface area contributed by atoms with Crippen LogP contribution in [0, 0.1) is 13.8 Å². The van der Waals surface area contributed by atoms with Gasteiger partial charge in [-0.3, -0.25) is 9.36 Å². The standard InChI is InChI=1S/C26H25ClN4O2S/c1-17-13-18(2)15-20(14-17)28-24(32)16-34-26-30-29-25(31(26)21-9-5-4-6-10-21)19(3)33-23-12-8-7-11-22(23)27/h4-15,19H,16H2,1-3H3,(H,28,32). The number of hydrogen-bond donors (Lipinski definition) is 1. The number of ether oxygens (including phenoxy) is 1. The lowest BCUT2D eigenvalue weighted by Gasteiger charge is -2.17. The molecule has 0 fully saturated rings. The summed E-state index contributed by atoms with van der Waals surface area (Å²) in [6.07, 6.45) is -0.425. The SMILES string of the molecule is Cc1cc(C)cc(NC(=O)CSc2nnc(C(C)Oc3ccccc3Cl)n2-c2ccccc2)c1. The first-order chi connectivity index (χ1) is 16.4. The van der Waals surface area contributed by atoms with Crippen LogP contribution in [0.1, 0.15) is 30.0 Å². The summed E-state index contributed by atoms with van der Waals surface area (Å²) in [6, 6.07) is 23.1. The van der Waals surface area contributed by atoms with E-state index in [2.05, 4.69) is 21.6 Å². The minimum atomic E-state index is -0.425. The molecule has 6 nitrogen and oxygen atoms in total. The molecule has 4 aromatic rings. The maximum Gasteiger partial charge on any atom is 0.234 e. The van der Waals surface area contributed by atoms with Crippen LogP contribution in [0.5, 0.6) is 5.75 Å². The maximum absolute atomic E-state index is 12.6. The highest BCUT2D eigenvalue weighted by molar-refractivity contribution is 7.99. The summed E-state index contributed by atoms with van der Waals surface area (Å²) in [7, 11) is 0. The quantitative estimate of drug-likeness (QED) is 0.288. The number of nitrogens with one attached hydrogen (secondary N) is 1. The van der Waals surface area contributed by atoms with Gasteiger partial charge in [0.15, 0.2) is 17.1 Å². The highest BCUT2D eigenvalue weighted by atomic mass is 35.5. The van der Waals surface area contributed by atoms with E-state index in [1.54, 1.807) is 6.07 Å². The highest BCUT2D eigenvalue weighted by Crippen LogP contribution is 2.31. The summed E-state index contributed by atoms with van der Waals surface area (Å²) in [4.78, 5) is 12.6. The van der Waals surface area contributed by atoms with Gasteiger partial charge in [-0.25, -0.2) is 0 Å². The number of aromatic nitrogens is 3. The molecular formula is C26H25ClN4O2S. The summed E-state index contributed by atoms with van der Waals surface area (Å²) in [5.74, 6) is 1.27. The number of nitrogens with zero attached hydrogens (tertiary/aromatic N) is 3. The zero-order valence-corrected chi connectivity index (χ0v) is 20.7. The number of anilines is 1. The molecule has 1 unspecified atom stereocenters. The summed E-state index contributed by atoms with van der Waals surface area (Å²) in [5, 5.41) is 12.9. The molecule has 1 aromatic heterocycles. The molecule has 174 valence electrons. The van der Waals surface area contributed by atoms with Gasteiger partial charge in [-0.1, -0.05) is 59.8 Å². The molecule has 1 N–H and O–H groups in total. The molecule has 8 heteroatoms.